The Morgan fingerprint density at radius 3 is 2.43 bits per heavy atom. The first-order valence-corrected chi connectivity index (χ1v) is 12.0. The molecule has 1 unspecified atom stereocenters. The van der Waals surface area contributed by atoms with Gasteiger partial charge in [-0.25, -0.2) is 0 Å². The van der Waals surface area contributed by atoms with E-state index in [0.29, 0.717) is 55.8 Å². The normalized spacial score (nSPS) is 20.2. The van der Waals surface area contributed by atoms with E-state index in [-0.39, 0.29) is 24.2 Å². The number of rotatable bonds is 6. The summed E-state index contributed by atoms with van der Waals surface area (Å²) in [5.74, 6) is 2.45. The van der Waals surface area contributed by atoms with Gasteiger partial charge in [0.25, 0.3) is 0 Å². The first-order chi connectivity index (χ1) is 17.1. The minimum atomic E-state index is -0.326. The van der Waals surface area contributed by atoms with Gasteiger partial charge < -0.3 is 28.7 Å². The van der Waals surface area contributed by atoms with Crippen LogP contribution in [0.15, 0.2) is 36.4 Å². The Labute approximate surface area is 205 Å². The van der Waals surface area contributed by atoms with Crippen molar-refractivity contribution in [3.8, 4) is 23.0 Å². The van der Waals surface area contributed by atoms with Crippen LogP contribution in [0.3, 0.4) is 0 Å². The Kier molecular flexibility index (Phi) is 6.68. The molecule has 9 nitrogen and oxygen atoms in total. The van der Waals surface area contributed by atoms with Gasteiger partial charge in [-0.2, -0.15) is 0 Å². The lowest BCUT2D eigenvalue weighted by Gasteiger charge is -2.36. The van der Waals surface area contributed by atoms with Crippen LogP contribution in [-0.4, -0.2) is 81.8 Å². The molecule has 186 valence electrons. The molecule has 0 spiro atoms. The van der Waals surface area contributed by atoms with E-state index in [9.17, 15) is 9.59 Å². The maximum Gasteiger partial charge on any atom is 0.228 e. The number of methoxy groups -OCH3 is 2. The van der Waals surface area contributed by atoms with E-state index in [4.69, 9.17) is 18.9 Å². The first kappa shape index (κ1) is 23.3. The van der Waals surface area contributed by atoms with Gasteiger partial charge in [-0.3, -0.25) is 14.5 Å². The fourth-order valence-electron chi connectivity index (χ4n) is 4.94. The third kappa shape index (κ3) is 4.86. The number of benzene rings is 2. The zero-order valence-corrected chi connectivity index (χ0v) is 20.2. The molecule has 0 N–H and O–H groups in total. The number of fused-ring (bicyclic) bond motifs is 1. The van der Waals surface area contributed by atoms with Crippen molar-refractivity contribution in [2.24, 2.45) is 5.92 Å². The van der Waals surface area contributed by atoms with Gasteiger partial charge in [0.15, 0.2) is 23.0 Å². The molecule has 0 saturated carbocycles. The molecule has 0 radical (unpaired) electrons. The summed E-state index contributed by atoms with van der Waals surface area (Å²) in [4.78, 5) is 31.9. The van der Waals surface area contributed by atoms with Gasteiger partial charge in [0, 0.05) is 57.4 Å². The summed E-state index contributed by atoms with van der Waals surface area (Å²) in [5, 5.41) is 0. The number of piperazine rings is 1. The molecule has 0 aromatic heterocycles. The van der Waals surface area contributed by atoms with E-state index in [1.807, 2.05) is 41.3 Å². The van der Waals surface area contributed by atoms with E-state index < -0.39 is 0 Å². The SMILES string of the molecule is COc1ccc(CN2CCN(C(=O)C3CC(=O)N(c4ccc5c(c4)OCCO5)C3)CC2)cc1OC. The molecule has 1 atom stereocenters. The largest absolute Gasteiger partial charge is 0.493 e. The zero-order chi connectivity index (χ0) is 24.4. The number of carbonyl (C=O) groups is 2. The predicted molar refractivity (Wildman–Crippen MR) is 129 cm³/mol. The van der Waals surface area contributed by atoms with Gasteiger partial charge in [0.05, 0.1) is 20.1 Å². The van der Waals surface area contributed by atoms with Crippen molar-refractivity contribution in [3.63, 3.8) is 0 Å². The quantitative estimate of drug-likeness (QED) is 0.626. The molecule has 2 aromatic rings. The second kappa shape index (κ2) is 10.0. The standard InChI is InChI=1S/C26H31N3O6/c1-32-21-5-3-18(13-23(21)33-2)16-27-7-9-28(10-8-27)26(31)19-14-25(30)29(17-19)20-4-6-22-24(15-20)35-12-11-34-22/h3-6,13,15,19H,7-12,14,16-17H2,1-2H3. The van der Waals surface area contributed by atoms with Gasteiger partial charge in [-0.05, 0) is 29.8 Å². The Bertz CT molecular complexity index is 1100. The number of nitrogens with zero attached hydrogens (tertiary/aromatic N) is 3. The summed E-state index contributed by atoms with van der Waals surface area (Å²) in [6, 6.07) is 11.4. The second-order valence-electron chi connectivity index (χ2n) is 9.02. The molecular formula is C26H31N3O6. The average molecular weight is 482 g/mol. The molecule has 5 rings (SSSR count). The minimum absolute atomic E-state index is 0.0351. The summed E-state index contributed by atoms with van der Waals surface area (Å²) in [6.07, 6.45) is 0.235. The Hall–Kier alpha value is -3.46. The highest BCUT2D eigenvalue weighted by atomic mass is 16.6. The number of carbonyl (C=O) groups excluding carboxylic acids is 2. The van der Waals surface area contributed by atoms with Gasteiger partial charge in [-0.1, -0.05) is 6.07 Å². The van der Waals surface area contributed by atoms with E-state index in [1.165, 1.54) is 0 Å². The van der Waals surface area contributed by atoms with Crippen LogP contribution in [-0.2, 0) is 16.1 Å². The zero-order valence-electron chi connectivity index (χ0n) is 20.2. The first-order valence-electron chi connectivity index (χ1n) is 12.0. The number of amides is 2. The van der Waals surface area contributed by atoms with Crippen LogP contribution in [0.4, 0.5) is 5.69 Å². The summed E-state index contributed by atoms with van der Waals surface area (Å²) >= 11 is 0. The smallest absolute Gasteiger partial charge is 0.228 e. The average Bonchev–Trinajstić information content (AvgIpc) is 3.29. The van der Waals surface area contributed by atoms with Crippen molar-refractivity contribution >= 4 is 17.5 Å². The molecule has 3 heterocycles. The summed E-state index contributed by atoms with van der Waals surface area (Å²) in [5.41, 5.74) is 1.88. The van der Waals surface area contributed by atoms with Crippen LogP contribution in [0.25, 0.3) is 0 Å². The van der Waals surface area contributed by atoms with Gasteiger partial charge in [0.2, 0.25) is 11.8 Å². The van der Waals surface area contributed by atoms with Gasteiger partial charge >= 0.3 is 0 Å². The molecule has 2 saturated heterocycles. The molecule has 0 bridgehead atoms. The van der Waals surface area contributed by atoms with Crippen molar-refractivity contribution < 1.29 is 28.5 Å². The van der Waals surface area contributed by atoms with Crippen molar-refractivity contribution in [2.45, 2.75) is 13.0 Å². The van der Waals surface area contributed by atoms with E-state index in [2.05, 4.69) is 4.90 Å². The van der Waals surface area contributed by atoms with Crippen LogP contribution >= 0.6 is 0 Å². The van der Waals surface area contributed by atoms with E-state index in [1.54, 1.807) is 19.1 Å². The van der Waals surface area contributed by atoms with Crippen molar-refractivity contribution in [2.75, 3.05) is 65.1 Å². The maximum atomic E-state index is 13.2. The lowest BCUT2D eigenvalue weighted by atomic mass is 10.1. The monoisotopic (exact) mass is 481 g/mol. The van der Waals surface area contributed by atoms with Crippen molar-refractivity contribution in [1.82, 2.24) is 9.80 Å². The Morgan fingerprint density at radius 2 is 1.69 bits per heavy atom. The van der Waals surface area contributed by atoms with Crippen molar-refractivity contribution in [3.05, 3.63) is 42.0 Å². The molecule has 3 aliphatic rings. The van der Waals surface area contributed by atoms with Crippen LogP contribution in [0.1, 0.15) is 12.0 Å². The Morgan fingerprint density at radius 1 is 0.943 bits per heavy atom. The molecule has 9 heteroatoms. The molecule has 0 aliphatic carbocycles. The predicted octanol–water partition coefficient (Wildman–Crippen LogP) is 2.17. The third-order valence-electron chi connectivity index (χ3n) is 6.85. The van der Waals surface area contributed by atoms with Gasteiger partial charge in [-0.15, -0.1) is 0 Å². The number of ether oxygens (including phenoxy) is 4. The molecular weight excluding hydrogens is 450 g/mol. The molecule has 35 heavy (non-hydrogen) atoms. The molecule has 2 aromatic carbocycles. The molecule has 2 fully saturated rings. The van der Waals surface area contributed by atoms with Gasteiger partial charge in [0.1, 0.15) is 13.2 Å². The van der Waals surface area contributed by atoms with Crippen molar-refractivity contribution in [1.29, 1.82) is 0 Å². The van der Waals surface area contributed by atoms with Crippen LogP contribution < -0.4 is 23.8 Å². The highest BCUT2D eigenvalue weighted by Crippen LogP contribution is 2.36. The topological polar surface area (TPSA) is 80.8 Å². The third-order valence-corrected chi connectivity index (χ3v) is 6.85. The highest BCUT2D eigenvalue weighted by molar-refractivity contribution is 6.00. The maximum absolute atomic E-state index is 13.2. The van der Waals surface area contributed by atoms with E-state index >= 15 is 0 Å². The lowest BCUT2D eigenvalue weighted by Crippen LogP contribution is -2.50. The molecule has 2 amide bonds. The fourth-order valence-corrected chi connectivity index (χ4v) is 4.94. The number of hydrogen-bond acceptors (Lipinski definition) is 7. The fraction of sp³-hybridized carbons (Fsp3) is 0.462. The summed E-state index contributed by atoms with van der Waals surface area (Å²) in [7, 11) is 3.26. The number of hydrogen-bond donors (Lipinski definition) is 0. The second-order valence-corrected chi connectivity index (χ2v) is 9.02. The summed E-state index contributed by atoms with van der Waals surface area (Å²) in [6.45, 7) is 5.06. The van der Waals surface area contributed by atoms with E-state index in [0.717, 1.165) is 30.9 Å². The highest BCUT2D eigenvalue weighted by Gasteiger charge is 2.38. The lowest BCUT2D eigenvalue weighted by molar-refractivity contribution is -0.137. The summed E-state index contributed by atoms with van der Waals surface area (Å²) < 4.78 is 21.9. The minimum Gasteiger partial charge on any atom is -0.493 e. The number of anilines is 1. The van der Waals surface area contributed by atoms with Crippen LogP contribution in [0.5, 0.6) is 23.0 Å². The Balaban J connectivity index is 1.16. The van der Waals surface area contributed by atoms with Crippen LogP contribution in [0, 0.1) is 5.92 Å². The molecule has 3 aliphatic heterocycles. The van der Waals surface area contributed by atoms with Crippen LogP contribution in [0.2, 0.25) is 0 Å².